The summed E-state index contributed by atoms with van der Waals surface area (Å²) >= 11 is 12.1. The zero-order valence-electron chi connectivity index (χ0n) is 10.3. The summed E-state index contributed by atoms with van der Waals surface area (Å²) in [7, 11) is 0. The SMILES string of the molecule is Cc1ccc(Cl)c(NC(=O)c2n[nH]c(C)c2N)c1Cl. The van der Waals surface area contributed by atoms with Crippen molar-refractivity contribution in [1.29, 1.82) is 0 Å². The molecule has 1 heterocycles. The predicted octanol–water partition coefficient (Wildman–Crippen LogP) is 3.17. The Balaban J connectivity index is 2.35. The van der Waals surface area contributed by atoms with Gasteiger partial charge in [-0.15, -0.1) is 0 Å². The molecular formula is C12H12Cl2N4O. The normalized spacial score (nSPS) is 10.5. The second-order valence-corrected chi connectivity index (χ2v) is 4.90. The number of amides is 1. The lowest BCUT2D eigenvalue weighted by Crippen LogP contribution is -2.15. The molecule has 0 unspecified atom stereocenters. The van der Waals surface area contributed by atoms with Crippen LogP contribution in [0.4, 0.5) is 11.4 Å². The first kappa shape index (κ1) is 13.7. The zero-order valence-corrected chi connectivity index (χ0v) is 11.9. The number of aryl methyl sites for hydroxylation is 2. The highest BCUT2D eigenvalue weighted by Gasteiger charge is 2.18. The number of hydrogen-bond acceptors (Lipinski definition) is 3. The first-order chi connectivity index (χ1) is 8.91. The van der Waals surface area contributed by atoms with Crippen LogP contribution in [-0.4, -0.2) is 16.1 Å². The topological polar surface area (TPSA) is 83.8 Å². The number of carbonyl (C=O) groups is 1. The number of nitrogens with one attached hydrogen (secondary N) is 2. The van der Waals surface area contributed by atoms with Gasteiger partial charge in [0.2, 0.25) is 0 Å². The Morgan fingerprint density at radius 3 is 2.63 bits per heavy atom. The molecule has 7 heteroatoms. The molecule has 1 amide bonds. The highest BCUT2D eigenvalue weighted by molar-refractivity contribution is 6.40. The van der Waals surface area contributed by atoms with Crippen molar-refractivity contribution in [2.45, 2.75) is 13.8 Å². The van der Waals surface area contributed by atoms with E-state index in [0.717, 1.165) is 5.56 Å². The third-order valence-corrected chi connectivity index (χ3v) is 3.53. The van der Waals surface area contributed by atoms with Crippen LogP contribution in [0.25, 0.3) is 0 Å². The van der Waals surface area contributed by atoms with Crippen molar-refractivity contribution >= 4 is 40.5 Å². The quantitative estimate of drug-likeness (QED) is 0.796. The number of rotatable bonds is 2. The Labute approximate surface area is 120 Å². The number of hydrogen-bond donors (Lipinski definition) is 3. The molecule has 0 fully saturated rings. The second-order valence-electron chi connectivity index (χ2n) is 4.12. The van der Waals surface area contributed by atoms with Crippen molar-refractivity contribution in [3.05, 3.63) is 39.1 Å². The molecule has 4 N–H and O–H groups in total. The maximum Gasteiger partial charge on any atom is 0.278 e. The van der Waals surface area contributed by atoms with Gasteiger partial charge in [-0.05, 0) is 25.5 Å². The Kier molecular flexibility index (Phi) is 3.68. The van der Waals surface area contributed by atoms with Crippen molar-refractivity contribution in [3.8, 4) is 0 Å². The van der Waals surface area contributed by atoms with E-state index in [1.807, 2.05) is 6.92 Å². The van der Waals surface area contributed by atoms with E-state index >= 15 is 0 Å². The van der Waals surface area contributed by atoms with Gasteiger partial charge in [-0.25, -0.2) is 0 Å². The van der Waals surface area contributed by atoms with Crippen LogP contribution in [0.5, 0.6) is 0 Å². The van der Waals surface area contributed by atoms with E-state index in [-0.39, 0.29) is 5.69 Å². The molecule has 0 saturated carbocycles. The highest BCUT2D eigenvalue weighted by Crippen LogP contribution is 2.33. The molecule has 19 heavy (non-hydrogen) atoms. The number of aromatic nitrogens is 2. The first-order valence-corrected chi connectivity index (χ1v) is 6.23. The number of anilines is 2. The largest absolute Gasteiger partial charge is 0.395 e. The molecule has 2 rings (SSSR count). The molecule has 1 aromatic heterocycles. The molecule has 0 aliphatic rings. The molecule has 5 nitrogen and oxygen atoms in total. The van der Waals surface area contributed by atoms with Crippen molar-refractivity contribution in [2.75, 3.05) is 11.1 Å². The minimum atomic E-state index is -0.462. The molecule has 0 atom stereocenters. The van der Waals surface area contributed by atoms with Crippen LogP contribution in [0, 0.1) is 13.8 Å². The van der Waals surface area contributed by atoms with Crippen molar-refractivity contribution < 1.29 is 4.79 Å². The fraction of sp³-hybridized carbons (Fsp3) is 0.167. The van der Waals surface area contributed by atoms with Gasteiger partial charge in [0, 0.05) is 0 Å². The van der Waals surface area contributed by atoms with E-state index in [1.165, 1.54) is 0 Å². The number of benzene rings is 1. The zero-order chi connectivity index (χ0) is 14.2. The number of nitrogens with two attached hydrogens (primary N) is 1. The van der Waals surface area contributed by atoms with E-state index in [1.54, 1.807) is 19.1 Å². The van der Waals surface area contributed by atoms with Gasteiger partial charge in [-0.2, -0.15) is 5.10 Å². The predicted molar refractivity (Wildman–Crippen MR) is 76.9 cm³/mol. The number of aromatic amines is 1. The number of carbonyl (C=O) groups excluding carboxylic acids is 1. The summed E-state index contributed by atoms with van der Waals surface area (Å²) in [5, 5.41) is 9.86. The van der Waals surface area contributed by atoms with E-state index in [2.05, 4.69) is 15.5 Å². The maximum absolute atomic E-state index is 12.1. The number of halogens is 2. The summed E-state index contributed by atoms with van der Waals surface area (Å²) in [6.07, 6.45) is 0. The molecule has 100 valence electrons. The van der Waals surface area contributed by atoms with Gasteiger partial charge < -0.3 is 11.1 Å². The molecule has 0 radical (unpaired) electrons. The van der Waals surface area contributed by atoms with Gasteiger partial charge in [0.15, 0.2) is 5.69 Å². The smallest absolute Gasteiger partial charge is 0.278 e. The summed E-state index contributed by atoms with van der Waals surface area (Å²) in [6.45, 7) is 3.55. The van der Waals surface area contributed by atoms with Gasteiger partial charge in [0.05, 0.1) is 27.1 Å². The van der Waals surface area contributed by atoms with Gasteiger partial charge in [-0.1, -0.05) is 29.3 Å². The fourth-order valence-corrected chi connectivity index (χ4v) is 2.02. The average Bonchev–Trinajstić information content (AvgIpc) is 2.70. The summed E-state index contributed by atoms with van der Waals surface area (Å²) in [4.78, 5) is 12.1. The van der Waals surface area contributed by atoms with Crippen molar-refractivity contribution in [3.63, 3.8) is 0 Å². The molecule has 0 aliphatic carbocycles. The van der Waals surface area contributed by atoms with E-state index in [4.69, 9.17) is 28.9 Å². The van der Waals surface area contributed by atoms with Crippen molar-refractivity contribution in [2.24, 2.45) is 0 Å². The number of nitrogen functional groups attached to an aromatic ring is 1. The molecule has 0 saturated heterocycles. The molecule has 0 bridgehead atoms. The molecular weight excluding hydrogens is 287 g/mol. The Morgan fingerprint density at radius 2 is 2.05 bits per heavy atom. The first-order valence-electron chi connectivity index (χ1n) is 5.48. The van der Waals surface area contributed by atoms with Crippen LogP contribution in [0.1, 0.15) is 21.7 Å². The minimum Gasteiger partial charge on any atom is -0.395 e. The van der Waals surface area contributed by atoms with Crippen LogP contribution in [-0.2, 0) is 0 Å². The second kappa shape index (κ2) is 5.11. The summed E-state index contributed by atoms with van der Waals surface area (Å²) < 4.78 is 0. The van der Waals surface area contributed by atoms with Crippen LogP contribution < -0.4 is 11.1 Å². The highest BCUT2D eigenvalue weighted by atomic mass is 35.5. The lowest BCUT2D eigenvalue weighted by Gasteiger charge is -2.10. The van der Waals surface area contributed by atoms with E-state index < -0.39 is 5.91 Å². The minimum absolute atomic E-state index is 0.117. The molecule has 2 aromatic rings. The monoisotopic (exact) mass is 298 g/mol. The summed E-state index contributed by atoms with van der Waals surface area (Å²) in [5.74, 6) is -0.462. The lowest BCUT2D eigenvalue weighted by molar-refractivity contribution is 0.102. The number of nitrogens with zero attached hydrogens (tertiary/aromatic N) is 1. The Bertz CT molecular complexity index is 651. The Hall–Kier alpha value is -1.72. The van der Waals surface area contributed by atoms with Gasteiger partial charge in [0.1, 0.15) is 0 Å². The standard InChI is InChI=1S/C12H12Cl2N4O/c1-5-3-4-7(13)10(8(5)14)16-12(19)11-9(15)6(2)17-18-11/h3-4H,15H2,1-2H3,(H,16,19)(H,17,18). The Morgan fingerprint density at radius 1 is 1.37 bits per heavy atom. The molecule has 0 spiro atoms. The number of H-pyrrole nitrogens is 1. The van der Waals surface area contributed by atoms with E-state index in [9.17, 15) is 4.79 Å². The lowest BCUT2D eigenvalue weighted by atomic mass is 10.2. The fourth-order valence-electron chi connectivity index (χ4n) is 1.55. The van der Waals surface area contributed by atoms with Crippen LogP contribution in [0.2, 0.25) is 10.0 Å². The van der Waals surface area contributed by atoms with Crippen LogP contribution in [0.15, 0.2) is 12.1 Å². The van der Waals surface area contributed by atoms with Crippen LogP contribution >= 0.6 is 23.2 Å². The third kappa shape index (κ3) is 2.52. The molecule has 0 aliphatic heterocycles. The van der Waals surface area contributed by atoms with Crippen molar-refractivity contribution in [1.82, 2.24) is 10.2 Å². The third-order valence-electron chi connectivity index (χ3n) is 2.73. The summed E-state index contributed by atoms with van der Waals surface area (Å²) in [6, 6.07) is 3.44. The van der Waals surface area contributed by atoms with E-state index in [0.29, 0.717) is 27.1 Å². The van der Waals surface area contributed by atoms with Gasteiger partial charge in [0.25, 0.3) is 5.91 Å². The maximum atomic E-state index is 12.1. The van der Waals surface area contributed by atoms with Gasteiger partial charge in [-0.3, -0.25) is 9.89 Å². The van der Waals surface area contributed by atoms with Gasteiger partial charge >= 0.3 is 0 Å². The molecule has 1 aromatic carbocycles. The average molecular weight is 299 g/mol. The van der Waals surface area contributed by atoms with Crippen LogP contribution in [0.3, 0.4) is 0 Å². The summed E-state index contributed by atoms with van der Waals surface area (Å²) in [5.41, 5.74) is 7.96.